The van der Waals surface area contributed by atoms with Gasteiger partial charge in [0.1, 0.15) is 0 Å². The zero-order valence-electron chi connectivity index (χ0n) is 11.9. The molecule has 21 heavy (non-hydrogen) atoms. The third-order valence-electron chi connectivity index (χ3n) is 3.67. The lowest BCUT2D eigenvalue weighted by molar-refractivity contribution is 0.356. The van der Waals surface area contributed by atoms with Crippen LogP contribution in [0.15, 0.2) is 23.6 Å². The van der Waals surface area contributed by atoms with Crippen molar-refractivity contribution < 1.29 is 9.47 Å². The van der Waals surface area contributed by atoms with Gasteiger partial charge in [-0.25, -0.2) is 4.98 Å². The molecule has 0 aliphatic rings. The predicted octanol–water partition coefficient (Wildman–Crippen LogP) is 4.99. The first-order valence-corrected chi connectivity index (χ1v) is 8.24. The second-order valence-corrected chi connectivity index (χ2v) is 6.95. The average molecular weight is 315 g/mol. The number of aromatic nitrogens is 1. The van der Waals surface area contributed by atoms with Gasteiger partial charge in [-0.2, -0.15) is 0 Å². The summed E-state index contributed by atoms with van der Waals surface area (Å²) in [5, 5.41) is 6.77. The number of hydrogen-bond acceptors (Lipinski definition) is 5. The second kappa shape index (κ2) is 4.58. The van der Waals surface area contributed by atoms with Crippen LogP contribution in [0.25, 0.3) is 31.1 Å². The minimum Gasteiger partial charge on any atom is -0.493 e. The van der Waals surface area contributed by atoms with Gasteiger partial charge in [0, 0.05) is 10.8 Å². The third kappa shape index (κ3) is 1.74. The van der Waals surface area contributed by atoms with Crippen LogP contribution >= 0.6 is 22.7 Å². The molecule has 2 heterocycles. The average Bonchev–Trinajstić information content (AvgIpc) is 3.11. The molecule has 0 aliphatic carbocycles. The van der Waals surface area contributed by atoms with Crippen molar-refractivity contribution in [2.24, 2.45) is 0 Å². The number of nitrogens with zero attached hydrogens (tertiary/aromatic N) is 1. The molecule has 2 aromatic heterocycles. The minimum absolute atomic E-state index is 0.742. The number of aryl methyl sites for hydroxylation is 1. The second-order valence-electron chi connectivity index (χ2n) is 4.83. The molecule has 0 unspecified atom stereocenters. The van der Waals surface area contributed by atoms with Gasteiger partial charge in [0.2, 0.25) is 0 Å². The van der Waals surface area contributed by atoms with E-state index in [1.54, 1.807) is 36.9 Å². The van der Waals surface area contributed by atoms with Gasteiger partial charge in [-0.3, -0.25) is 0 Å². The molecule has 0 atom stereocenters. The first kappa shape index (κ1) is 12.9. The summed E-state index contributed by atoms with van der Waals surface area (Å²) in [5.74, 6) is 1.50. The maximum Gasteiger partial charge on any atom is 0.161 e. The molecule has 4 rings (SSSR count). The number of rotatable bonds is 2. The molecule has 0 saturated carbocycles. The number of ether oxygens (including phenoxy) is 2. The van der Waals surface area contributed by atoms with E-state index in [1.165, 1.54) is 20.2 Å². The fraction of sp³-hybridized carbons (Fsp3) is 0.188. The highest BCUT2D eigenvalue weighted by Gasteiger charge is 2.16. The molecule has 0 bridgehead atoms. The smallest absolute Gasteiger partial charge is 0.161 e. The van der Waals surface area contributed by atoms with Crippen molar-refractivity contribution in [3.8, 4) is 11.5 Å². The number of thiophene rings is 1. The van der Waals surface area contributed by atoms with Crippen molar-refractivity contribution in [1.29, 1.82) is 0 Å². The Morgan fingerprint density at radius 3 is 2.38 bits per heavy atom. The Kier molecular flexibility index (Phi) is 2.80. The molecule has 5 heteroatoms. The summed E-state index contributed by atoms with van der Waals surface area (Å²) in [6.07, 6.45) is 0. The van der Waals surface area contributed by atoms with E-state index in [2.05, 4.69) is 24.4 Å². The van der Waals surface area contributed by atoms with E-state index in [1.807, 2.05) is 6.07 Å². The Hall–Kier alpha value is -1.85. The molecule has 0 fully saturated rings. The van der Waals surface area contributed by atoms with E-state index >= 15 is 0 Å². The topological polar surface area (TPSA) is 31.4 Å². The molecule has 0 radical (unpaired) electrons. The van der Waals surface area contributed by atoms with Gasteiger partial charge in [-0.1, -0.05) is 0 Å². The zero-order valence-corrected chi connectivity index (χ0v) is 13.5. The van der Waals surface area contributed by atoms with E-state index in [4.69, 9.17) is 14.5 Å². The Bertz CT molecular complexity index is 984. The standard InChI is InChI=1S/C16H13NO2S2/c1-8-17-14-11-7-13(19-3)12(18-2)6-10(11)9-4-5-20-15(9)16(14)21-8/h4-7H,1-3H3. The van der Waals surface area contributed by atoms with E-state index in [0.717, 1.165) is 27.4 Å². The number of thiazole rings is 1. The Labute approximate surface area is 129 Å². The zero-order chi connectivity index (χ0) is 14.6. The van der Waals surface area contributed by atoms with Gasteiger partial charge < -0.3 is 9.47 Å². The Balaban J connectivity index is 2.30. The van der Waals surface area contributed by atoms with E-state index in [0.29, 0.717) is 0 Å². The van der Waals surface area contributed by atoms with Crippen molar-refractivity contribution in [3.05, 3.63) is 28.6 Å². The molecule has 0 spiro atoms. The Morgan fingerprint density at radius 2 is 1.67 bits per heavy atom. The summed E-state index contributed by atoms with van der Waals surface area (Å²) in [7, 11) is 3.33. The highest BCUT2D eigenvalue weighted by Crippen LogP contribution is 2.43. The maximum atomic E-state index is 5.45. The van der Waals surface area contributed by atoms with Crippen molar-refractivity contribution in [1.82, 2.24) is 4.98 Å². The van der Waals surface area contributed by atoms with Crippen molar-refractivity contribution in [2.45, 2.75) is 6.92 Å². The SMILES string of the molecule is COc1cc2c(cc1OC)c1nc(C)sc1c1sccc21. The molecular formula is C16H13NO2S2. The number of hydrogen-bond donors (Lipinski definition) is 0. The summed E-state index contributed by atoms with van der Waals surface area (Å²) in [4.78, 5) is 4.73. The van der Waals surface area contributed by atoms with Gasteiger partial charge in [-0.15, -0.1) is 22.7 Å². The van der Waals surface area contributed by atoms with E-state index in [-0.39, 0.29) is 0 Å². The van der Waals surface area contributed by atoms with Crippen molar-refractivity contribution in [2.75, 3.05) is 14.2 Å². The van der Waals surface area contributed by atoms with Crippen LogP contribution in [0, 0.1) is 6.92 Å². The van der Waals surface area contributed by atoms with Crippen LogP contribution in [-0.2, 0) is 0 Å². The third-order valence-corrected chi connectivity index (χ3v) is 5.72. The van der Waals surface area contributed by atoms with Gasteiger partial charge >= 0.3 is 0 Å². The monoisotopic (exact) mass is 315 g/mol. The highest BCUT2D eigenvalue weighted by molar-refractivity contribution is 7.26. The highest BCUT2D eigenvalue weighted by atomic mass is 32.1. The molecule has 3 nitrogen and oxygen atoms in total. The molecule has 0 amide bonds. The molecule has 0 aliphatic heterocycles. The molecule has 4 aromatic rings. The lowest BCUT2D eigenvalue weighted by Gasteiger charge is -2.10. The van der Waals surface area contributed by atoms with E-state index < -0.39 is 0 Å². The fourth-order valence-electron chi connectivity index (χ4n) is 2.76. The van der Waals surface area contributed by atoms with Crippen LogP contribution in [-0.4, -0.2) is 19.2 Å². The van der Waals surface area contributed by atoms with Gasteiger partial charge in [0.25, 0.3) is 0 Å². The maximum absolute atomic E-state index is 5.45. The van der Waals surface area contributed by atoms with Crippen molar-refractivity contribution in [3.63, 3.8) is 0 Å². The minimum atomic E-state index is 0.742. The number of methoxy groups -OCH3 is 2. The summed E-state index contributed by atoms with van der Waals surface area (Å²) < 4.78 is 13.5. The Morgan fingerprint density at radius 1 is 0.952 bits per heavy atom. The molecule has 106 valence electrons. The first-order valence-electron chi connectivity index (χ1n) is 6.55. The van der Waals surface area contributed by atoms with Gasteiger partial charge in [0.05, 0.1) is 34.1 Å². The molecule has 0 saturated heterocycles. The van der Waals surface area contributed by atoms with Crippen LogP contribution in [0.5, 0.6) is 11.5 Å². The van der Waals surface area contributed by atoms with Crippen LogP contribution in [0.4, 0.5) is 0 Å². The lowest BCUT2D eigenvalue weighted by Crippen LogP contribution is -1.91. The predicted molar refractivity (Wildman–Crippen MR) is 90.4 cm³/mol. The largest absolute Gasteiger partial charge is 0.493 e. The first-order chi connectivity index (χ1) is 10.2. The summed E-state index contributed by atoms with van der Waals surface area (Å²) in [5.41, 5.74) is 1.06. The quantitative estimate of drug-likeness (QED) is 0.522. The van der Waals surface area contributed by atoms with Crippen LogP contribution in [0.2, 0.25) is 0 Å². The summed E-state index contributed by atoms with van der Waals surface area (Å²) >= 11 is 3.52. The van der Waals surface area contributed by atoms with Crippen LogP contribution < -0.4 is 9.47 Å². The van der Waals surface area contributed by atoms with Gasteiger partial charge in [-0.05, 0) is 35.9 Å². The van der Waals surface area contributed by atoms with Gasteiger partial charge in [0.15, 0.2) is 11.5 Å². The lowest BCUT2D eigenvalue weighted by atomic mass is 10.0. The number of benzene rings is 2. The fourth-order valence-corrected chi connectivity index (χ4v) is 4.76. The summed E-state index contributed by atoms with van der Waals surface area (Å²) in [6, 6.07) is 6.26. The molecular weight excluding hydrogens is 302 g/mol. The molecule has 2 aromatic carbocycles. The van der Waals surface area contributed by atoms with E-state index in [9.17, 15) is 0 Å². The van der Waals surface area contributed by atoms with Crippen molar-refractivity contribution >= 4 is 53.7 Å². The van der Waals surface area contributed by atoms with Crippen LogP contribution in [0.3, 0.4) is 0 Å². The number of fused-ring (bicyclic) bond motifs is 6. The summed E-state index contributed by atoms with van der Waals surface area (Å²) in [6.45, 7) is 2.05. The van der Waals surface area contributed by atoms with Crippen LogP contribution in [0.1, 0.15) is 5.01 Å². The molecule has 0 N–H and O–H groups in total. The normalized spacial score (nSPS) is 11.6.